The van der Waals surface area contributed by atoms with Gasteiger partial charge in [0.05, 0.1) is 5.52 Å². The standard InChI is InChI=1S/C46H36N4S/c1-29-13-8-9-18-34(29)45-47-44(30-14-4-2-5-15-30)48-46(49-45)38-21-12-20-37-39-27-31(24-26-42(39)51-43(37)38)32-23-25-36-35-19-10-11-22-40(35)50(41(36)28-32)33-16-6-3-7-17-33/h2-9,11-18,20-29,34,45H,10,19H2,1H3,(H,47,48,49). The van der Waals surface area contributed by atoms with E-state index in [2.05, 4.69) is 162 Å². The largest absolute Gasteiger partial charge is 0.347 e. The van der Waals surface area contributed by atoms with Gasteiger partial charge in [-0.3, -0.25) is 0 Å². The second-order valence-corrected chi connectivity index (χ2v) is 14.8. The number of aliphatic imine (C=N–C) groups is 2. The Labute approximate surface area is 301 Å². The highest BCUT2D eigenvalue weighted by atomic mass is 32.1. The van der Waals surface area contributed by atoms with Gasteiger partial charge in [0.25, 0.3) is 0 Å². The van der Waals surface area contributed by atoms with Crippen LogP contribution in [0.15, 0.2) is 156 Å². The number of aryl methyl sites for hydroxylation is 1. The van der Waals surface area contributed by atoms with E-state index in [4.69, 9.17) is 9.98 Å². The summed E-state index contributed by atoms with van der Waals surface area (Å²) in [6, 6.07) is 41.8. The van der Waals surface area contributed by atoms with Crippen molar-refractivity contribution in [3.05, 3.63) is 168 Å². The quantitative estimate of drug-likeness (QED) is 0.194. The van der Waals surface area contributed by atoms with Crippen LogP contribution in [0.25, 0.3) is 54.0 Å². The number of aromatic nitrogens is 1. The van der Waals surface area contributed by atoms with Crippen molar-refractivity contribution in [2.45, 2.75) is 25.9 Å². The summed E-state index contributed by atoms with van der Waals surface area (Å²) in [5.74, 6) is 2.25. The first kappa shape index (κ1) is 30.1. The lowest BCUT2D eigenvalue weighted by atomic mass is 9.87. The molecule has 0 amide bonds. The molecule has 0 fully saturated rings. The number of hydrogen-bond acceptors (Lipinski definition) is 4. The first-order valence-corrected chi connectivity index (χ1v) is 18.7. The molecule has 0 radical (unpaired) electrons. The van der Waals surface area contributed by atoms with E-state index in [9.17, 15) is 0 Å². The number of allylic oxidation sites excluding steroid dienone is 4. The van der Waals surface area contributed by atoms with E-state index in [0.717, 1.165) is 35.6 Å². The molecule has 4 nitrogen and oxygen atoms in total. The molecule has 0 spiro atoms. The van der Waals surface area contributed by atoms with Crippen LogP contribution in [-0.4, -0.2) is 22.4 Å². The lowest BCUT2D eigenvalue weighted by Gasteiger charge is -2.31. The molecular weight excluding hydrogens is 641 g/mol. The number of para-hydroxylation sites is 1. The maximum Gasteiger partial charge on any atom is 0.160 e. The van der Waals surface area contributed by atoms with Crippen molar-refractivity contribution in [2.75, 3.05) is 0 Å². The number of nitrogens with zero attached hydrogens (tertiary/aromatic N) is 3. The number of nitrogens with one attached hydrogen (secondary N) is 1. The molecule has 2 aromatic heterocycles. The Bertz CT molecular complexity index is 2630. The van der Waals surface area contributed by atoms with Gasteiger partial charge in [0.15, 0.2) is 5.84 Å². The summed E-state index contributed by atoms with van der Waals surface area (Å²) in [5.41, 5.74) is 9.80. The highest BCUT2D eigenvalue weighted by Crippen LogP contribution is 2.41. The summed E-state index contributed by atoms with van der Waals surface area (Å²) in [5, 5.41) is 7.54. The van der Waals surface area contributed by atoms with Crippen molar-refractivity contribution < 1.29 is 0 Å². The lowest BCUT2D eigenvalue weighted by molar-refractivity contribution is 0.394. The zero-order valence-corrected chi connectivity index (χ0v) is 29.1. The minimum atomic E-state index is -0.119. The van der Waals surface area contributed by atoms with Gasteiger partial charge in [0, 0.05) is 54.0 Å². The molecule has 2 aliphatic carbocycles. The van der Waals surface area contributed by atoms with Crippen LogP contribution in [0.3, 0.4) is 0 Å². The van der Waals surface area contributed by atoms with Crippen molar-refractivity contribution in [3.8, 4) is 16.8 Å². The monoisotopic (exact) mass is 676 g/mol. The third-order valence-corrected chi connectivity index (χ3v) is 11.9. The third-order valence-electron chi connectivity index (χ3n) is 10.7. The van der Waals surface area contributed by atoms with Crippen molar-refractivity contribution >= 4 is 60.2 Å². The molecule has 246 valence electrons. The fraction of sp³-hybridized carbons (Fsp3) is 0.130. The molecule has 3 heterocycles. The minimum absolute atomic E-state index is 0.119. The molecule has 7 aromatic rings. The van der Waals surface area contributed by atoms with Crippen molar-refractivity contribution in [1.82, 2.24) is 9.88 Å². The maximum absolute atomic E-state index is 5.31. The zero-order valence-electron chi connectivity index (χ0n) is 28.3. The molecule has 0 saturated heterocycles. The molecule has 1 N–H and O–H groups in total. The van der Waals surface area contributed by atoms with Gasteiger partial charge in [-0.1, -0.05) is 116 Å². The van der Waals surface area contributed by atoms with Crippen molar-refractivity contribution in [1.29, 1.82) is 0 Å². The highest BCUT2D eigenvalue weighted by molar-refractivity contribution is 7.26. The normalized spacial score (nSPS) is 19.7. The summed E-state index contributed by atoms with van der Waals surface area (Å²) >= 11 is 1.83. The fourth-order valence-corrected chi connectivity index (χ4v) is 9.27. The van der Waals surface area contributed by atoms with Crippen LogP contribution in [-0.2, 0) is 6.42 Å². The predicted molar refractivity (Wildman–Crippen MR) is 216 cm³/mol. The van der Waals surface area contributed by atoms with Gasteiger partial charge in [-0.15, -0.1) is 11.3 Å². The van der Waals surface area contributed by atoms with Gasteiger partial charge in [-0.05, 0) is 77.9 Å². The fourth-order valence-electron chi connectivity index (χ4n) is 8.08. The minimum Gasteiger partial charge on any atom is -0.347 e. The Hall–Kier alpha value is -5.78. The molecule has 10 rings (SSSR count). The van der Waals surface area contributed by atoms with Crippen LogP contribution in [0.5, 0.6) is 0 Å². The van der Waals surface area contributed by atoms with Crippen molar-refractivity contribution in [3.63, 3.8) is 0 Å². The summed E-state index contributed by atoms with van der Waals surface area (Å²) in [6.45, 7) is 2.27. The van der Waals surface area contributed by atoms with Crippen LogP contribution in [0.1, 0.15) is 35.7 Å². The molecule has 5 aromatic carbocycles. The number of rotatable bonds is 5. The molecule has 1 aliphatic heterocycles. The molecule has 3 aliphatic rings. The first-order valence-electron chi connectivity index (χ1n) is 17.9. The Morgan fingerprint density at radius 1 is 0.745 bits per heavy atom. The second-order valence-electron chi connectivity index (χ2n) is 13.8. The van der Waals surface area contributed by atoms with Gasteiger partial charge < -0.3 is 9.88 Å². The number of benzene rings is 5. The lowest BCUT2D eigenvalue weighted by Crippen LogP contribution is -2.44. The third kappa shape index (κ3) is 5.11. The van der Waals surface area contributed by atoms with E-state index in [0.29, 0.717) is 5.92 Å². The summed E-state index contributed by atoms with van der Waals surface area (Å²) in [7, 11) is 0. The molecule has 3 unspecified atom stereocenters. The van der Waals surface area contributed by atoms with E-state index in [1.165, 1.54) is 59.1 Å². The summed E-state index contributed by atoms with van der Waals surface area (Å²) in [4.78, 5) is 10.5. The van der Waals surface area contributed by atoms with E-state index in [1.54, 1.807) is 0 Å². The maximum atomic E-state index is 5.31. The molecule has 0 saturated carbocycles. The summed E-state index contributed by atoms with van der Waals surface area (Å²) < 4.78 is 4.93. The summed E-state index contributed by atoms with van der Waals surface area (Å²) in [6.07, 6.45) is 15.5. The van der Waals surface area contributed by atoms with Crippen molar-refractivity contribution in [2.24, 2.45) is 21.8 Å². The first-order chi connectivity index (χ1) is 25.2. The van der Waals surface area contributed by atoms with Crippen LogP contribution in [0, 0.1) is 11.8 Å². The molecular formula is C46H36N4S. The Morgan fingerprint density at radius 2 is 1.55 bits per heavy atom. The second kappa shape index (κ2) is 12.2. The van der Waals surface area contributed by atoms with Crippen LogP contribution >= 0.6 is 11.3 Å². The van der Waals surface area contributed by atoms with E-state index >= 15 is 0 Å². The van der Waals surface area contributed by atoms with Gasteiger partial charge in [-0.2, -0.15) is 0 Å². The average molecular weight is 677 g/mol. The van der Waals surface area contributed by atoms with E-state index in [1.807, 2.05) is 17.4 Å². The Kier molecular flexibility index (Phi) is 7.21. The van der Waals surface area contributed by atoms with Gasteiger partial charge >= 0.3 is 0 Å². The SMILES string of the molecule is CC1C=CC=CC1C1N=C(c2cccc3c2sc2ccc(-c4ccc5c6c(n(-c7ccccc7)c5c4)C=CCC6)cc23)N=C(c2ccccc2)N1. The average Bonchev–Trinajstić information content (AvgIpc) is 3.73. The van der Waals surface area contributed by atoms with Crippen LogP contribution < -0.4 is 5.32 Å². The van der Waals surface area contributed by atoms with Crippen LogP contribution in [0.2, 0.25) is 0 Å². The number of fused-ring (bicyclic) bond motifs is 6. The molecule has 0 bridgehead atoms. The predicted octanol–water partition coefficient (Wildman–Crippen LogP) is 11.1. The topological polar surface area (TPSA) is 41.7 Å². The number of hydrogen-bond donors (Lipinski definition) is 1. The Balaban J connectivity index is 1.10. The van der Waals surface area contributed by atoms with Gasteiger partial charge in [-0.25, -0.2) is 9.98 Å². The highest BCUT2D eigenvalue weighted by Gasteiger charge is 2.30. The Morgan fingerprint density at radius 3 is 2.41 bits per heavy atom. The zero-order chi connectivity index (χ0) is 33.9. The number of thiophene rings is 1. The van der Waals surface area contributed by atoms with E-state index < -0.39 is 0 Å². The van der Waals surface area contributed by atoms with E-state index in [-0.39, 0.29) is 12.1 Å². The van der Waals surface area contributed by atoms with Crippen LogP contribution in [0.4, 0.5) is 0 Å². The smallest absolute Gasteiger partial charge is 0.160 e. The number of amidine groups is 2. The van der Waals surface area contributed by atoms with Gasteiger partial charge in [0.1, 0.15) is 12.0 Å². The molecule has 3 atom stereocenters. The molecule has 5 heteroatoms. The molecule has 51 heavy (non-hydrogen) atoms. The van der Waals surface area contributed by atoms with Gasteiger partial charge in [0.2, 0.25) is 0 Å².